The molecule has 242 valence electrons. The lowest BCUT2D eigenvalue weighted by atomic mass is 9.97. The number of aromatic amines is 1. The number of carbonyl (C=O) groups excluding carboxylic acids is 3. The lowest BCUT2D eigenvalue weighted by Gasteiger charge is -2.26. The molecule has 0 bridgehead atoms. The number of nitrogens with one attached hydrogen (secondary N) is 4. The summed E-state index contributed by atoms with van der Waals surface area (Å²) in [5, 5.41) is 28.7. The molecule has 0 radical (unpaired) electrons. The van der Waals surface area contributed by atoms with Crippen molar-refractivity contribution >= 4 is 34.6 Å². The van der Waals surface area contributed by atoms with Gasteiger partial charge in [0.25, 0.3) is 0 Å². The number of carboxylic acids is 1. The van der Waals surface area contributed by atoms with E-state index >= 15 is 0 Å². The number of benzene rings is 3. The second-order valence-electron chi connectivity index (χ2n) is 11.6. The van der Waals surface area contributed by atoms with E-state index in [0.717, 1.165) is 16.5 Å². The highest BCUT2D eigenvalue weighted by atomic mass is 16.4. The first-order valence-corrected chi connectivity index (χ1v) is 15.3. The van der Waals surface area contributed by atoms with E-state index in [9.17, 15) is 29.4 Å². The zero-order valence-electron chi connectivity index (χ0n) is 25.9. The molecule has 1 heterocycles. The number of rotatable bonds is 15. The molecule has 0 spiro atoms. The van der Waals surface area contributed by atoms with Crippen LogP contribution in [0.4, 0.5) is 0 Å². The number of nitrogens with two attached hydrogens (primary N) is 1. The molecular formula is C35H41N5O6. The molecule has 3 aromatic carbocycles. The maximum atomic E-state index is 14.0. The summed E-state index contributed by atoms with van der Waals surface area (Å²) in [6, 6.07) is 18.2. The van der Waals surface area contributed by atoms with Crippen LogP contribution in [0.25, 0.3) is 10.9 Å². The van der Waals surface area contributed by atoms with Gasteiger partial charge in [0.1, 0.15) is 23.9 Å². The first-order valence-electron chi connectivity index (χ1n) is 15.3. The van der Waals surface area contributed by atoms with E-state index in [1.54, 1.807) is 42.6 Å². The largest absolute Gasteiger partial charge is 0.508 e. The molecule has 0 fully saturated rings. The molecule has 0 aliphatic carbocycles. The summed E-state index contributed by atoms with van der Waals surface area (Å²) in [4.78, 5) is 56.2. The van der Waals surface area contributed by atoms with Crippen LogP contribution < -0.4 is 21.7 Å². The molecule has 0 aliphatic rings. The van der Waals surface area contributed by atoms with Crippen LogP contribution in [0.15, 0.2) is 85.1 Å². The SMILES string of the molecule is CCC(C)C(N)C(=O)NC(Cc1c[nH]c2ccccc12)C(=O)NC(Cc1ccc(O)cc1)C(=O)NC(Cc1ccccc1)C(=O)O. The van der Waals surface area contributed by atoms with E-state index in [2.05, 4.69) is 20.9 Å². The molecule has 5 unspecified atom stereocenters. The summed E-state index contributed by atoms with van der Waals surface area (Å²) in [6.45, 7) is 3.77. The van der Waals surface area contributed by atoms with Crippen molar-refractivity contribution in [3.05, 3.63) is 102 Å². The predicted octanol–water partition coefficient (Wildman–Crippen LogP) is 2.81. The fourth-order valence-electron chi connectivity index (χ4n) is 5.18. The van der Waals surface area contributed by atoms with Crippen molar-refractivity contribution in [2.75, 3.05) is 0 Å². The Hall–Kier alpha value is -5.16. The fraction of sp³-hybridized carbons (Fsp3) is 0.314. The van der Waals surface area contributed by atoms with Gasteiger partial charge in [-0.05, 0) is 40.8 Å². The Morgan fingerprint density at radius 2 is 1.28 bits per heavy atom. The van der Waals surface area contributed by atoms with Gasteiger partial charge in [-0.2, -0.15) is 0 Å². The van der Waals surface area contributed by atoms with Crippen LogP contribution in [-0.2, 0) is 38.4 Å². The predicted molar refractivity (Wildman–Crippen MR) is 175 cm³/mol. The molecule has 0 aliphatic heterocycles. The molecule has 3 amide bonds. The Labute approximate surface area is 267 Å². The minimum absolute atomic E-state index is 0.00430. The van der Waals surface area contributed by atoms with Crippen LogP contribution in [0.3, 0.4) is 0 Å². The molecule has 46 heavy (non-hydrogen) atoms. The summed E-state index contributed by atoms with van der Waals surface area (Å²) in [6.07, 6.45) is 2.57. The summed E-state index contributed by atoms with van der Waals surface area (Å²) in [7, 11) is 0. The monoisotopic (exact) mass is 627 g/mol. The van der Waals surface area contributed by atoms with Crippen LogP contribution in [-0.4, -0.2) is 63.1 Å². The second-order valence-corrected chi connectivity index (χ2v) is 11.6. The molecule has 5 atom stereocenters. The van der Waals surface area contributed by atoms with Crippen molar-refractivity contribution in [2.24, 2.45) is 11.7 Å². The molecule has 0 saturated heterocycles. The van der Waals surface area contributed by atoms with Gasteiger partial charge >= 0.3 is 5.97 Å². The zero-order chi connectivity index (χ0) is 33.2. The first kappa shape index (κ1) is 33.7. The van der Waals surface area contributed by atoms with E-state index in [4.69, 9.17) is 5.73 Å². The summed E-state index contributed by atoms with van der Waals surface area (Å²) in [5.41, 5.74) is 9.18. The number of carboxylic acid groups (broad SMARTS) is 1. The number of aromatic nitrogens is 1. The van der Waals surface area contributed by atoms with Gasteiger partial charge in [-0.1, -0.05) is 80.9 Å². The van der Waals surface area contributed by atoms with Crippen LogP contribution in [0.5, 0.6) is 5.75 Å². The summed E-state index contributed by atoms with van der Waals surface area (Å²) < 4.78 is 0. The van der Waals surface area contributed by atoms with E-state index in [0.29, 0.717) is 17.5 Å². The molecule has 0 saturated carbocycles. The highest BCUT2D eigenvalue weighted by molar-refractivity contribution is 5.95. The Morgan fingerprint density at radius 1 is 0.739 bits per heavy atom. The third-order valence-electron chi connectivity index (χ3n) is 8.20. The van der Waals surface area contributed by atoms with Crippen LogP contribution in [0.2, 0.25) is 0 Å². The minimum Gasteiger partial charge on any atom is -0.508 e. The summed E-state index contributed by atoms with van der Waals surface area (Å²) >= 11 is 0. The normalized spacial score (nSPS) is 14.4. The fourth-order valence-corrected chi connectivity index (χ4v) is 5.18. The van der Waals surface area contributed by atoms with E-state index in [1.807, 2.05) is 44.2 Å². The lowest BCUT2D eigenvalue weighted by molar-refractivity contribution is -0.142. The van der Waals surface area contributed by atoms with Gasteiger partial charge in [0.05, 0.1) is 6.04 Å². The minimum atomic E-state index is -1.26. The molecule has 1 aromatic heterocycles. The van der Waals surface area contributed by atoms with Gasteiger partial charge in [0.15, 0.2) is 0 Å². The third-order valence-corrected chi connectivity index (χ3v) is 8.20. The molecule has 8 N–H and O–H groups in total. The van der Waals surface area contributed by atoms with E-state index in [1.165, 1.54) is 12.1 Å². The number of hydrogen-bond donors (Lipinski definition) is 7. The number of fused-ring (bicyclic) bond motifs is 1. The third kappa shape index (κ3) is 8.95. The molecule has 11 nitrogen and oxygen atoms in total. The zero-order valence-corrected chi connectivity index (χ0v) is 25.9. The van der Waals surface area contributed by atoms with Gasteiger partial charge in [-0.25, -0.2) is 4.79 Å². The standard InChI is InChI=1S/C35H41N5O6/c1-3-21(2)31(36)34(44)39-29(19-24-20-37-27-12-8-7-11-26(24)27)33(43)38-28(17-23-13-15-25(41)16-14-23)32(42)40-30(35(45)46)18-22-9-5-4-6-10-22/h4-16,20-21,28-31,37,41H,3,17-19,36H2,1-2H3,(H,38,43)(H,39,44)(H,40,42)(H,45,46). The summed E-state index contributed by atoms with van der Waals surface area (Å²) in [5.74, 6) is -3.18. The number of hydrogen-bond acceptors (Lipinski definition) is 6. The number of para-hydroxylation sites is 1. The Morgan fingerprint density at radius 3 is 1.93 bits per heavy atom. The number of aliphatic carboxylic acids is 1. The Balaban J connectivity index is 1.61. The van der Waals surface area contributed by atoms with Crippen LogP contribution >= 0.6 is 0 Å². The number of phenolic OH excluding ortho intramolecular Hbond substituents is 1. The first-order chi connectivity index (χ1) is 22.0. The van der Waals surface area contributed by atoms with Crippen molar-refractivity contribution < 1.29 is 29.4 Å². The van der Waals surface area contributed by atoms with Gasteiger partial charge in [-0.3, -0.25) is 14.4 Å². The average Bonchev–Trinajstić information content (AvgIpc) is 3.46. The molecule has 4 rings (SSSR count). The van der Waals surface area contributed by atoms with Gasteiger partial charge in [0, 0.05) is 36.4 Å². The number of H-pyrrole nitrogens is 1. The van der Waals surface area contributed by atoms with Crippen LogP contribution in [0, 0.1) is 5.92 Å². The maximum Gasteiger partial charge on any atom is 0.326 e. The average molecular weight is 628 g/mol. The maximum absolute atomic E-state index is 14.0. The number of amides is 3. The highest BCUT2D eigenvalue weighted by Crippen LogP contribution is 2.20. The second kappa shape index (κ2) is 15.7. The van der Waals surface area contributed by atoms with Crippen molar-refractivity contribution in [3.8, 4) is 5.75 Å². The van der Waals surface area contributed by atoms with Gasteiger partial charge in [0.2, 0.25) is 17.7 Å². The number of phenols is 1. The van der Waals surface area contributed by atoms with Crippen molar-refractivity contribution in [1.29, 1.82) is 0 Å². The topological polar surface area (TPSA) is 187 Å². The lowest BCUT2D eigenvalue weighted by Crippen LogP contribution is -2.58. The Kier molecular flexibility index (Phi) is 11.5. The highest BCUT2D eigenvalue weighted by Gasteiger charge is 2.32. The molecule has 11 heteroatoms. The Bertz CT molecular complexity index is 1640. The van der Waals surface area contributed by atoms with E-state index in [-0.39, 0.29) is 30.9 Å². The van der Waals surface area contributed by atoms with Crippen molar-refractivity contribution in [3.63, 3.8) is 0 Å². The van der Waals surface area contributed by atoms with Gasteiger partial charge in [-0.15, -0.1) is 0 Å². The quantitative estimate of drug-likeness (QED) is 0.106. The molecule has 4 aromatic rings. The smallest absolute Gasteiger partial charge is 0.326 e. The number of aromatic hydroxyl groups is 1. The van der Waals surface area contributed by atoms with Crippen LogP contribution in [0.1, 0.15) is 37.0 Å². The van der Waals surface area contributed by atoms with E-state index < -0.39 is 47.9 Å². The van der Waals surface area contributed by atoms with Gasteiger partial charge < -0.3 is 36.9 Å². The number of carbonyl (C=O) groups is 4. The molecular weight excluding hydrogens is 586 g/mol. The van der Waals surface area contributed by atoms with Crippen molar-refractivity contribution in [2.45, 2.75) is 63.7 Å². The van der Waals surface area contributed by atoms with Crippen molar-refractivity contribution in [1.82, 2.24) is 20.9 Å².